The number of amides is 1. The zero-order valence-electron chi connectivity index (χ0n) is 11.8. The maximum atomic E-state index is 11.9. The predicted molar refractivity (Wildman–Crippen MR) is 71.4 cm³/mol. The van der Waals surface area contributed by atoms with Crippen molar-refractivity contribution >= 4 is 5.91 Å². The van der Waals surface area contributed by atoms with Gasteiger partial charge >= 0.3 is 6.18 Å². The van der Waals surface area contributed by atoms with E-state index in [2.05, 4.69) is 10.6 Å². The normalized spacial score (nSPS) is 13.1. The molecule has 0 bridgehead atoms. The van der Waals surface area contributed by atoms with Crippen LogP contribution in [0.2, 0.25) is 0 Å². The van der Waals surface area contributed by atoms with Crippen LogP contribution in [0.3, 0.4) is 0 Å². The summed E-state index contributed by atoms with van der Waals surface area (Å²) in [5.74, 6) is -0.457. The molecule has 1 aromatic carbocycles. The number of rotatable bonds is 5. The van der Waals surface area contributed by atoms with E-state index < -0.39 is 18.6 Å². The van der Waals surface area contributed by atoms with Crippen LogP contribution < -0.4 is 10.6 Å². The lowest BCUT2D eigenvalue weighted by molar-refractivity contribution is -0.128. The van der Waals surface area contributed by atoms with E-state index in [-0.39, 0.29) is 12.6 Å². The summed E-state index contributed by atoms with van der Waals surface area (Å²) in [5, 5.41) is 4.74. The Hall–Kier alpha value is -1.56. The molecule has 3 nitrogen and oxygen atoms in total. The second-order valence-electron chi connectivity index (χ2n) is 4.87. The summed E-state index contributed by atoms with van der Waals surface area (Å²) in [7, 11) is 0. The Morgan fingerprint density at radius 2 is 1.95 bits per heavy atom. The highest BCUT2D eigenvalue weighted by molar-refractivity contribution is 5.78. The molecule has 6 heteroatoms. The lowest BCUT2D eigenvalue weighted by Gasteiger charge is -2.17. The van der Waals surface area contributed by atoms with Crippen molar-refractivity contribution in [2.45, 2.75) is 33.0 Å². The first-order chi connectivity index (χ1) is 9.19. The summed E-state index contributed by atoms with van der Waals surface area (Å²) < 4.78 is 35.8. The van der Waals surface area contributed by atoms with Crippen LogP contribution in [-0.4, -0.2) is 25.2 Å². The van der Waals surface area contributed by atoms with E-state index in [1.807, 2.05) is 32.0 Å². The molecule has 1 rings (SSSR count). The Kier molecular flexibility index (Phi) is 5.56. The average Bonchev–Trinajstić information content (AvgIpc) is 2.26. The summed E-state index contributed by atoms with van der Waals surface area (Å²) in [6, 6.07) is 5.61. The monoisotopic (exact) mass is 288 g/mol. The number of carbonyl (C=O) groups excluding carboxylic acids is 1. The lowest BCUT2D eigenvalue weighted by Crippen LogP contribution is -2.39. The molecule has 0 saturated carbocycles. The summed E-state index contributed by atoms with van der Waals surface area (Å²) in [6.45, 7) is 4.19. The molecule has 0 aliphatic rings. The maximum absolute atomic E-state index is 11.9. The van der Waals surface area contributed by atoms with Gasteiger partial charge in [-0.2, -0.15) is 13.2 Å². The van der Waals surface area contributed by atoms with Crippen LogP contribution in [0.25, 0.3) is 0 Å². The second-order valence-corrected chi connectivity index (χ2v) is 4.87. The molecule has 0 aliphatic heterocycles. The van der Waals surface area contributed by atoms with Crippen LogP contribution in [0, 0.1) is 13.8 Å². The van der Waals surface area contributed by atoms with Gasteiger partial charge in [0.2, 0.25) is 5.91 Å². The molecular weight excluding hydrogens is 269 g/mol. The quantitative estimate of drug-likeness (QED) is 0.874. The molecule has 1 amide bonds. The molecule has 0 heterocycles. The molecule has 112 valence electrons. The zero-order chi connectivity index (χ0) is 15.3. The van der Waals surface area contributed by atoms with Crippen LogP contribution in [-0.2, 0) is 4.79 Å². The minimum Gasteiger partial charge on any atom is -0.348 e. The van der Waals surface area contributed by atoms with Gasteiger partial charge in [-0.05, 0) is 31.9 Å². The predicted octanol–water partition coefficient (Wildman–Crippen LogP) is 2.63. The average molecular weight is 288 g/mol. The standard InChI is InChI=1S/C14H19F3N2O/c1-9-4-5-12(10(2)6-9)11(3)19-13(20)7-18-8-14(15,16)17/h4-6,11,18H,7-8H2,1-3H3,(H,19,20). The summed E-state index contributed by atoms with van der Waals surface area (Å²) in [6.07, 6.45) is -4.31. The first-order valence-corrected chi connectivity index (χ1v) is 6.33. The third-order valence-corrected chi connectivity index (χ3v) is 2.88. The molecule has 1 aromatic rings. The van der Waals surface area contributed by atoms with Gasteiger partial charge in [-0.3, -0.25) is 4.79 Å². The van der Waals surface area contributed by atoms with Gasteiger partial charge in [0.15, 0.2) is 0 Å². The number of hydrogen-bond acceptors (Lipinski definition) is 2. The van der Waals surface area contributed by atoms with Gasteiger partial charge in [0.25, 0.3) is 0 Å². The fraction of sp³-hybridized carbons (Fsp3) is 0.500. The smallest absolute Gasteiger partial charge is 0.348 e. The minimum atomic E-state index is -4.31. The zero-order valence-corrected chi connectivity index (χ0v) is 11.8. The molecule has 0 fully saturated rings. The van der Waals surface area contributed by atoms with Crippen molar-refractivity contribution in [3.63, 3.8) is 0 Å². The molecule has 2 N–H and O–H groups in total. The second kappa shape index (κ2) is 6.74. The van der Waals surface area contributed by atoms with Crippen molar-refractivity contribution in [1.29, 1.82) is 0 Å². The van der Waals surface area contributed by atoms with Gasteiger partial charge in [-0.1, -0.05) is 23.8 Å². The minimum absolute atomic E-state index is 0.240. The highest BCUT2D eigenvalue weighted by atomic mass is 19.4. The van der Waals surface area contributed by atoms with Gasteiger partial charge in [0.05, 0.1) is 19.1 Å². The van der Waals surface area contributed by atoms with Crippen molar-refractivity contribution in [2.24, 2.45) is 0 Å². The van der Waals surface area contributed by atoms with Crippen LogP contribution in [0.5, 0.6) is 0 Å². The van der Waals surface area contributed by atoms with Crippen molar-refractivity contribution in [3.8, 4) is 0 Å². The number of alkyl halides is 3. The fourth-order valence-corrected chi connectivity index (χ4v) is 2.00. The van der Waals surface area contributed by atoms with E-state index in [0.717, 1.165) is 16.7 Å². The van der Waals surface area contributed by atoms with Gasteiger partial charge in [-0.15, -0.1) is 0 Å². The molecule has 0 aromatic heterocycles. The molecular formula is C14H19F3N2O. The largest absolute Gasteiger partial charge is 0.401 e. The van der Waals surface area contributed by atoms with Gasteiger partial charge in [0.1, 0.15) is 0 Å². The first kappa shape index (κ1) is 16.5. The highest BCUT2D eigenvalue weighted by Crippen LogP contribution is 2.18. The Bertz CT molecular complexity index is 472. The van der Waals surface area contributed by atoms with Crippen LogP contribution in [0.15, 0.2) is 18.2 Å². The summed E-state index contributed by atoms with van der Waals surface area (Å²) >= 11 is 0. The van der Waals surface area contributed by atoms with Gasteiger partial charge < -0.3 is 10.6 Å². The number of hydrogen-bond donors (Lipinski definition) is 2. The number of benzene rings is 1. The Morgan fingerprint density at radius 3 is 2.50 bits per heavy atom. The molecule has 1 unspecified atom stereocenters. The Balaban J connectivity index is 2.49. The Morgan fingerprint density at radius 1 is 1.30 bits per heavy atom. The van der Waals surface area contributed by atoms with Crippen molar-refractivity contribution in [2.75, 3.05) is 13.1 Å². The van der Waals surface area contributed by atoms with Crippen LogP contribution in [0.4, 0.5) is 13.2 Å². The van der Waals surface area contributed by atoms with E-state index in [1.165, 1.54) is 0 Å². The van der Waals surface area contributed by atoms with Crippen LogP contribution >= 0.6 is 0 Å². The first-order valence-electron chi connectivity index (χ1n) is 6.33. The van der Waals surface area contributed by atoms with Crippen LogP contribution in [0.1, 0.15) is 29.7 Å². The number of halogens is 3. The maximum Gasteiger partial charge on any atom is 0.401 e. The van der Waals surface area contributed by atoms with Gasteiger partial charge in [0, 0.05) is 0 Å². The molecule has 20 heavy (non-hydrogen) atoms. The van der Waals surface area contributed by atoms with E-state index in [0.29, 0.717) is 0 Å². The number of nitrogens with one attached hydrogen (secondary N) is 2. The van der Waals surface area contributed by atoms with Crippen molar-refractivity contribution in [1.82, 2.24) is 10.6 Å². The molecule has 1 atom stereocenters. The van der Waals surface area contributed by atoms with E-state index in [4.69, 9.17) is 0 Å². The highest BCUT2D eigenvalue weighted by Gasteiger charge is 2.26. The summed E-state index contributed by atoms with van der Waals surface area (Å²) in [4.78, 5) is 11.5. The van der Waals surface area contributed by atoms with E-state index >= 15 is 0 Å². The topological polar surface area (TPSA) is 41.1 Å². The fourth-order valence-electron chi connectivity index (χ4n) is 2.00. The molecule has 0 saturated heterocycles. The lowest BCUT2D eigenvalue weighted by atomic mass is 10.0. The van der Waals surface area contributed by atoms with Crippen molar-refractivity contribution in [3.05, 3.63) is 34.9 Å². The third kappa shape index (κ3) is 5.61. The van der Waals surface area contributed by atoms with Gasteiger partial charge in [-0.25, -0.2) is 0 Å². The molecule has 0 spiro atoms. The SMILES string of the molecule is Cc1ccc(C(C)NC(=O)CNCC(F)(F)F)c(C)c1. The molecule has 0 radical (unpaired) electrons. The Labute approximate surface area is 116 Å². The third-order valence-electron chi connectivity index (χ3n) is 2.88. The van der Waals surface area contributed by atoms with Crippen molar-refractivity contribution < 1.29 is 18.0 Å². The number of carbonyl (C=O) groups is 1. The molecule has 0 aliphatic carbocycles. The number of aryl methyl sites for hydroxylation is 2. The van der Waals surface area contributed by atoms with E-state index in [9.17, 15) is 18.0 Å². The van der Waals surface area contributed by atoms with E-state index in [1.54, 1.807) is 6.92 Å². The summed E-state index contributed by atoms with van der Waals surface area (Å²) in [5.41, 5.74) is 3.12.